The molecule has 0 spiro atoms. The second kappa shape index (κ2) is 3.36. The quantitative estimate of drug-likeness (QED) is 0.489. The molecule has 0 unspecified atom stereocenters. The number of nitrogen functional groups attached to an aromatic ring is 1. The van der Waals surface area contributed by atoms with Gasteiger partial charge in [0.2, 0.25) is 0 Å². The molecule has 5 nitrogen and oxygen atoms in total. The molecule has 12 heavy (non-hydrogen) atoms. The summed E-state index contributed by atoms with van der Waals surface area (Å²) in [5.74, 6) is 0. The molecule has 0 atom stereocenters. The summed E-state index contributed by atoms with van der Waals surface area (Å²) in [6, 6.07) is 0. The molecule has 0 amide bonds. The van der Waals surface area contributed by atoms with E-state index < -0.39 is 4.92 Å². The minimum atomic E-state index is -0.584. The molecular formula is C5H3Br2N3O2. The third-order valence-electron chi connectivity index (χ3n) is 1.19. The van der Waals surface area contributed by atoms with E-state index >= 15 is 0 Å². The number of hydrogen-bond acceptors (Lipinski definition) is 4. The van der Waals surface area contributed by atoms with Crippen LogP contribution in [0.4, 0.5) is 11.4 Å². The van der Waals surface area contributed by atoms with Crippen molar-refractivity contribution < 1.29 is 4.92 Å². The van der Waals surface area contributed by atoms with Gasteiger partial charge in [-0.15, -0.1) is 0 Å². The maximum atomic E-state index is 10.3. The van der Waals surface area contributed by atoms with Crippen LogP contribution in [0, 0.1) is 10.1 Å². The van der Waals surface area contributed by atoms with Crippen molar-refractivity contribution >= 4 is 43.2 Å². The number of nitro groups is 1. The smallest absolute Gasteiger partial charge is 0.311 e. The number of aromatic nitrogens is 1. The Morgan fingerprint density at radius 3 is 2.67 bits per heavy atom. The van der Waals surface area contributed by atoms with Crippen LogP contribution in [0.15, 0.2) is 15.3 Å². The van der Waals surface area contributed by atoms with Crippen molar-refractivity contribution in [1.82, 2.24) is 4.98 Å². The molecule has 64 valence electrons. The summed E-state index contributed by atoms with van der Waals surface area (Å²) in [5.41, 5.74) is 5.29. The molecular weight excluding hydrogens is 294 g/mol. The Kier molecular flexibility index (Phi) is 2.63. The number of nitrogens with two attached hydrogens (primary N) is 1. The molecule has 0 aliphatic carbocycles. The molecule has 0 aliphatic heterocycles. The fourth-order valence-electron chi connectivity index (χ4n) is 0.613. The lowest BCUT2D eigenvalue weighted by Gasteiger charge is -1.99. The van der Waals surface area contributed by atoms with E-state index in [1.807, 2.05) is 0 Å². The fourth-order valence-corrected chi connectivity index (χ4v) is 1.23. The number of hydrogen-bond donors (Lipinski definition) is 1. The van der Waals surface area contributed by atoms with Gasteiger partial charge in [0.05, 0.1) is 9.40 Å². The minimum Gasteiger partial charge on any atom is -0.392 e. The van der Waals surface area contributed by atoms with E-state index in [4.69, 9.17) is 5.73 Å². The van der Waals surface area contributed by atoms with Gasteiger partial charge in [-0.05, 0) is 31.9 Å². The van der Waals surface area contributed by atoms with E-state index in [2.05, 4.69) is 36.8 Å². The number of nitrogens with zero attached hydrogens (tertiary/aromatic N) is 2. The highest BCUT2D eigenvalue weighted by Crippen LogP contribution is 2.33. The van der Waals surface area contributed by atoms with Gasteiger partial charge in [0.1, 0.15) is 16.5 Å². The molecule has 7 heteroatoms. The van der Waals surface area contributed by atoms with Crippen LogP contribution in [0.3, 0.4) is 0 Å². The number of anilines is 1. The molecule has 0 aliphatic rings. The first-order chi connectivity index (χ1) is 5.54. The topological polar surface area (TPSA) is 82.0 Å². The Hall–Kier alpha value is -0.690. The number of halogens is 2. The van der Waals surface area contributed by atoms with Crippen LogP contribution in [0.2, 0.25) is 0 Å². The van der Waals surface area contributed by atoms with Crippen LogP contribution in [-0.2, 0) is 0 Å². The van der Waals surface area contributed by atoms with Crippen LogP contribution < -0.4 is 5.73 Å². The molecule has 0 fully saturated rings. The summed E-state index contributed by atoms with van der Waals surface area (Å²) in [6.07, 6.45) is 1.10. The van der Waals surface area contributed by atoms with E-state index in [1.54, 1.807) is 0 Å². The van der Waals surface area contributed by atoms with Crippen molar-refractivity contribution in [2.45, 2.75) is 0 Å². The van der Waals surface area contributed by atoms with E-state index in [1.165, 1.54) is 0 Å². The van der Waals surface area contributed by atoms with Gasteiger partial charge in [-0.25, -0.2) is 4.98 Å². The summed E-state index contributed by atoms with van der Waals surface area (Å²) in [6.45, 7) is 0. The van der Waals surface area contributed by atoms with E-state index in [-0.39, 0.29) is 11.4 Å². The average Bonchev–Trinajstić information content (AvgIpc) is 2.00. The van der Waals surface area contributed by atoms with Gasteiger partial charge in [-0.2, -0.15) is 0 Å². The maximum absolute atomic E-state index is 10.3. The van der Waals surface area contributed by atoms with Crippen LogP contribution in [0.5, 0.6) is 0 Å². The molecule has 2 N–H and O–H groups in total. The Balaban J connectivity index is 3.36. The molecule has 0 saturated carbocycles. The Labute approximate surface area is 84.4 Å². The van der Waals surface area contributed by atoms with Gasteiger partial charge < -0.3 is 5.73 Å². The zero-order valence-electron chi connectivity index (χ0n) is 5.62. The van der Waals surface area contributed by atoms with E-state index in [0.717, 1.165) is 6.20 Å². The largest absolute Gasteiger partial charge is 0.392 e. The first kappa shape index (κ1) is 9.40. The summed E-state index contributed by atoms with van der Waals surface area (Å²) >= 11 is 6.13. The van der Waals surface area contributed by atoms with Crippen molar-refractivity contribution in [3.05, 3.63) is 25.4 Å². The van der Waals surface area contributed by atoms with E-state index in [9.17, 15) is 10.1 Å². The van der Waals surface area contributed by atoms with Gasteiger partial charge in [-0.1, -0.05) is 0 Å². The van der Waals surface area contributed by atoms with Crippen molar-refractivity contribution in [3.8, 4) is 0 Å². The van der Waals surface area contributed by atoms with Crippen LogP contribution in [-0.4, -0.2) is 9.91 Å². The van der Waals surface area contributed by atoms with Crippen LogP contribution in [0.1, 0.15) is 0 Å². The van der Waals surface area contributed by atoms with Crippen molar-refractivity contribution in [1.29, 1.82) is 0 Å². The summed E-state index contributed by atoms with van der Waals surface area (Å²) in [5, 5.41) is 10.3. The first-order valence-corrected chi connectivity index (χ1v) is 4.36. The van der Waals surface area contributed by atoms with Gasteiger partial charge in [0.25, 0.3) is 0 Å². The fraction of sp³-hybridized carbons (Fsp3) is 0. The Morgan fingerprint density at radius 1 is 1.58 bits per heavy atom. The highest BCUT2D eigenvalue weighted by atomic mass is 79.9. The molecule has 0 bridgehead atoms. The van der Waals surface area contributed by atoms with Gasteiger partial charge in [0.15, 0.2) is 0 Å². The lowest BCUT2D eigenvalue weighted by molar-refractivity contribution is -0.384. The molecule has 0 saturated heterocycles. The molecule has 1 heterocycles. The summed E-state index contributed by atoms with van der Waals surface area (Å²) < 4.78 is 0.849. The summed E-state index contributed by atoms with van der Waals surface area (Å²) in [4.78, 5) is 13.5. The molecule has 0 radical (unpaired) electrons. The first-order valence-electron chi connectivity index (χ1n) is 2.78. The third-order valence-corrected chi connectivity index (χ3v) is 3.13. The Morgan fingerprint density at radius 2 is 2.17 bits per heavy atom. The molecule has 1 aromatic rings. The highest BCUT2D eigenvalue weighted by molar-refractivity contribution is 9.13. The predicted molar refractivity (Wildman–Crippen MR) is 50.7 cm³/mol. The SMILES string of the molecule is Nc1c([N+](=O)[O-])cnc(Br)c1Br. The van der Waals surface area contributed by atoms with Gasteiger partial charge >= 0.3 is 5.69 Å². The highest BCUT2D eigenvalue weighted by Gasteiger charge is 2.16. The summed E-state index contributed by atoms with van der Waals surface area (Å²) in [7, 11) is 0. The molecule has 0 aromatic carbocycles. The standard InChI is InChI=1S/C5H3Br2N3O2/c6-3-4(8)2(10(11)12)1-9-5(3)7/h1H,(H2,8,9). The zero-order valence-corrected chi connectivity index (χ0v) is 8.79. The average molecular weight is 297 g/mol. The molecule has 1 aromatic heterocycles. The predicted octanol–water partition coefficient (Wildman–Crippen LogP) is 2.10. The lowest BCUT2D eigenvalue weighted by Crippen LogP contribution is -1.98. The van der Waals surface area contributed by atoms with Crippen LogP contribution in [0.25, 0.3) is 0 Å². The zero-order chi connectivity index (χ0) is 9.30. The van der Waals surface area contributed by atoms with Gasteiger partial charge in [0, 0.05) is 0 Å². The van der Waals surface area contributed by atoms with Crippen molar-refractivity contribution in [2.75, 3.05) is 5.73 Å². The number of rotatable bonds is 1. The van der Waals surface area contributed by atoms with Crippen molar-refractivity contribution in [2.24, 2.45) is 0 Å². The van der Waals surface area contributed by atoms with Crippen LogP contribution >= 0.6 is 31.9 Å². The maximum Gasteiger partial charge on any atom is 0.311 e. The monoisotopic (exact) mass is 295 g/mol. The number of pyridine rings is 1. The van der Waals surface area contributed by atoms with Crippen molar-refractivity contribution in [3.63, 3.8) is 0 Å². The second-order valence-corrected chi connectivity index (χ2v) is 3.46. The lowest BCUT2D eigenvalue weighted by atomic mass is 10.4. The normalized spacial score (nSPS) is 9.83. The van der Waals surface area contributed by atoms with E-state index in [0.29, 0.717) is 9.08 Å². The molecule has 1 rings (SSSR count). The minimum absolute atomic E-state index is 0.0712. The second-order valence-electron chi connectivity index (χ2n) is 1.92. The third kappa shape index (κ3) is 1.56. The Bertz CT molecular complexity index is 342. The van der Waals surface area contributed by atoms with Gasteiger partial charge in [-0.3, -0.25) is 10.1 Å².